The maximum atomic E-state index is 13.7. The first-order valence-electron chi connectivity index (χ1n) is 13.0. The molecule has 6 nitrogen and oxygen atoms in total. The van der Waals surface area contributed by atoms with E-state index in [4.69, 9.17) is 0 Å². The Kier molecular flexibility index (Phi) is 7.25. The van der Waals surface area contributed by atoms with E-state index in [2.05, 4.69) is 20.9 Å². The summed E-state index contributed by atoms with van der Waals surface area (Å²) < 4.78 is 81.8. The summed E-state index contributed by atoms with van der Waals surface area (Å²) in [5.41, 5.74) is -2.65. The van der Waals surface area contributed by atoms with Gasteiger partial charge in [0.2, 0.25) is 5.91 Å². The zero-order chi connectivity index (χ0) is 27.9. The number of hydrogen-bond donors (Lipinski definition) is 3. The van der Waals surface area contributed by atoms with Crippen LogP contribution >= 0.6 is 0 Å². The zero-order valence-corrected chi connectivity index (χ0v) is 20.9. The lowest BCUT2D eigenvalue weighted by molar-refractivity contribution is -0.138. The summed E-state index contributed by atoms with van der Waals surface area (Å²) >= 11 is 0. The van der Waals surface area contributed by atoms with Gasteiger partial charge in [-0.2, -0.15) is 26.3 Å². The van der Waals surface area contributed by atoms with Gasteiger partial charge in [-0.15, -0.1) is 0 Å². The molecule has 5 rings (SSSR count). The average Bonchev–Trinajstić information content (AvgIpc) is 3.52. The van der Waals surface area contributed by atoms with Crippen LogP contribution in [0.2, 0.25) is 0 Å². The van der Waals surface area contributed by atoms with Gasteiger partial charge in [-0.25, -0.2) is 0 Å². The average molecular weight is 555 g/mol. The minimum atomic E-state index is -4.77. The highest BCUT2D eigenvalue weighted by Gasteiger charge is 2.38. The van der Waals surface area contributed by atoms with Gasteiger partial charge in [0.05, 0.1) is 23.1 Å². The van der Waals surface area contributed by atoms with Crippen molar-refractivity contribution >= 4 is 28.9 Å². The molecule has 1 aliphatic carbocycles. The smallest absolute Gasteiger partial charge is 0.380 e. The van der Waals surface area contributed by atoms with Gasteiger partial charge in [0.25, 0.3) is 5.91 Å². The molecule has 39 heavy (non-hydrogen) atoms. The largest absolute Gasteiger partial charge is 0.416 e. The number of anilines is 3. The van der Waals surface area contributed by atoms with Gasteiger partial charge in [-0.1, -0.05) is 12.8 Å². The Morgan fingerprint density at radius 2 is 1.64 bits per heavy atom. The maximum absolute atomic E-state index is 13.7. The van der Waals surface area contributed by atoms with Crippen LogP contribution in [0.5, 0.6) is 0 Å². The van der Waals surface area contributed by atoms with Gasteiger partial charge in [-0.3, -0.25) is 14.5 Å². The van der Waals surface area contributed by atoms with Gasteiger partial charge < -0.3 is 16.0 Å². The van der Waals surface area contributed by atoms with Crippen molar-refractivity contribution in [3.63, 3.8) is 0 Å². The van der Waals surface area contributed by atoms with Gasteiger partial charge in [-0.05, 0) is 74.7 Å². The number of benzene rings is 2. The molecule has 0 unspecified atom stereocenters. The molecule has 2 aromatic carbocycles. The summed E-state index contributed by atoms with van der Waals surface area (Å²) in [6.07, 6.45) is -4.24. The second kappa shape index (κ2) is 10.4. The standard InChI is InChI=1S/C27H28F6N4O2/c28-26(29,30)15-7-8-17(21(11-15)35-20-5-1-2-6-23(20)37-9-3-4-10-37)25(39)34-16-12-19(27(31,32)33)18-14-24(38)36-22(18)13-16/h7-8,11-13,20,23,35H,1-6,9-10,14H2,(H,34,39)(H,36,38)/t20-,23-/m0/s1. The molecule has 210 valence electrons. The molecular formula is C27H28F6N4O2. The number of likely N-dealkylation sites (tertiary alicyclic amines) is 1. The summed E-state index contributed by atoms with van der Waals surface area (Å²) in [5, 5.41) is 7.95. The van der Waals surface area contributed by atoms with E-state index in [1.807, 2.05) is 0 Å². The van der Waals surface area contributed by atoms with E-state index >= 15 is 0 Å². The zero-order valence-electron chi connectivity index (χ0n) is 20.9. The van der Waals surface area contributed by atoms with E-state index in [0.29, 0.717) is 0 Å². The van der Waals surface area contributed by atoms with Crippen molar-refractivity contribution in [3.8, 4) is 0 Å². The minimum absolute atomic E-state index is 0.0241. The molecule has 1 saturated heterocycles. The Morgan fingerprint density at radius 1 is 0.923 bits per heavy atom. The number of halogens is 6. The normalized spacial score (nSPS) is 21.9. The number of rotatable bonds is 5. The molecule has 3 N–H and O–H groups in total. The van der Waals surface area contributed by atoms with E-state index in [0.717, 1.165) is 75.9 Å². The Bertz CT molecular complexity index is 1270. The molecule has 2 amide bonds. The lowest BCUT2D eigenvalue weighted by Gasteiger charge is -2.39. The topological polar surface area (TPSA) is 73.5 Å². The highest BCUT2D eigenvalue weighted by molar-refractivity contribution is 6.09. The minimum Gasteiger partial charge on any atom is -0.380 e. The van der Waals surface area contributed by atoms with E-state index in [-0.39, 0.29) is 40.3 Å². The summed E-state index contributed by atoms with van der Waals surface area (Å²) in [7, 11) is 0. The van der Waals surface area contributed by atoms with Crippen molar-refractivity contribution in [1.82, 2.24) is 4.90 Å². The Morgan fingerprint density at radius 3 is 2.33 bits per heavy atom. The first kappa shape index (κ1) is 27.3. The molecule has 0 aromatic heterocycles. The Balaban J connectivity index is 1.46. The van der Waals surface area contributed by atoms with Gasteiger partial charge in [0.15, 0.2) is 0 Å². The van der Waals surface area contributed by atoms with Crippen LogP contribution in [0.4, 0.5) is 43.4 Å². The SMILES string of the molecule is O=C1Cc2c(cc(NC(=O)c3ccc(C(F)(F)F)cc3N[C@H]3CCCC[C@@H]3N3CCCC3)cc2C(F)(F)F)N1. The summed E-state index contributed by atoms with van der Waals surface area (Å²) in [4.78, 5) is 27.4. The molecule has 2 aliphatic heterocycles. The van der Waals surface area contributed by atoms with Crippen LogP contribution in [0.3, 0.4) is 0 Å². The van der Waals surface area contributed by atoms with Crippen LogP contribution in [0.1, 0.15) is 65.6 Å². The second-order valence-corrected chi connectivity index (χ2v) is 10.3. The van der Waals surface area contributed by atoms with Gasteiger partial charge >= 0.3 is 12.4 Å². The fourth-order valence-corrected chi connectivity index (χ4v) is 5.88. The Hall–Kier alpha value is -3.28. The number of nitrogens with one attached hydrogen (secondary N) is 3. The first-order chi connectivity index (χ1) is 18.4. The van der Waals surface area contributed by atoms with Crippen molar-refractivity contribution < 1.29 is 35.9 Å². The molecular weight excluding hydrogens is 526 g/mol. The molecule has 2 fully saturated rings. The summed E-state index contributed by atoms with van der Waals surface area (Å²) in [5.74, 6) is -1.47. The molecule has 2 heterocycles. The van der Waals surface area contributed by atoms with E-state index in [1.165, 1.54) is 6.07 Å². The number of carbonyl (C=O) groups excluding carboxylic acids is 2. The summed E-state index contributed by atoms with van der Waals surface area (Å²) in [6.45, 7) is 1.82. The third kappa shape index (κ3) is 5.85. The number of fused-ring (bicyclic) bond motifs is 1. The van der Waals surface area contributed by atoms with Crippen LogP contribution in [0.25, 0.3) is 0 Å². The number of hydrogen-bond acceptors (Lipinski definition) is 4. The van der Waals surface area contributed by atoms with Crippen LogP contribution in [0, 0.1) is 0 Å². The third-order valence-electron chi connectivity index (χ3n) is 7.70. The number of amides is 2. The lowest BCUT2D eigenvalue weighted by atomic mass is 9.88. The van der Waals surface area contributed by atoms with Crippen molar-refractivity contribution in [1.29, 1.82) is 0 Å². The third-order valence-corrected chi connectivity index (χ3v) is 7.70. The van der Waals surface area contributed by atoms with Gasteiger partial charge in [0.1, 0.15) is 0 Å². The van der Waals surface area contributed by atoms with E-state index in [1.54, 1.807) is 0 Å². The molecule has 0 radical (unpaired) electrons. The second-order valence-electron chi connectivity index (χ2n) is 10.3. The van der Waals surface area contributed by atoms with Crippen LogP contribution in [-0.2, 0) is 23.6 Å². The summed E-state index contributed by atoms with van der Waals surface area (Å²) in [6, 6.07) is 4.58. The quantitative estimate of drug-likeness (QED) is 0.380. The predicted molar refractivity (Wildman–Crippen MR) is 134 cm³/mol. The highest BCUT2D eigenvalue weighted by Crippen LogP contribution is 2.40. The molecule has 2 atom stereocenters. The van der Waals surface area contributed by atoms with E-state index in [9.17, 15) is 35.9 Å². The number of alkyl halides is 6. The lowest BCUT2D eigenvalue weighted by Crippen LogP contribution is -2.47. The molecule has 2 aromatic rings. The number of carbonyl (C=O) groups is 2. The van der Waals surface area contributed by atoms with Crippen LogP contribution in [-0.4, -0.2) is 41.9 Å². The molecule has 3 aliphatic rings. The van der Waals surface area contributed by atoms with Crippen molar-refractivity contribution in [2.75, 3.05) is 29.0 Å². The van der Waals surface area contributed by atoms with Crippen molar-refractivity contribution in [3.05, 3.63) is 52.6 Å². The van der Waals surface area contributed by atoms with Crippen LogP contribution < -0.4 is 16.0 Å². The van der Waals surface area contributed by atoms with Crippen LogP contribution in [0.15, 0.2) is 30.3 Å². The fraction of sp³-hybridized carbons (Fsp3) is 0.481. The molecule has 1 saturated carbocycles. The predicted octanol–water partition coefficient (Wildman–Crippen LogP) is 6.29. The van der Waals surface area contributed by atoms with Gasteiger partial charge in [0, 0.05) is 29.1 Å². The molecule has 0 spiro atoms. The molecule has 12 heteroatoms. The monoisotopic (exact) mass is 554 g/mol. The highest BCUT2D eigenvalue weighted by atomic mass is 19.4. The van der Waals surface area contributed by atoms with E-state index < -0.39 is 41.7 Å². The maximum Gasteiger partial charge on any atom is 0.416 e. The van der Waals surface area contributed by atoms with Crippen molar-refractivity contribution in [2.45, 2.75) is 69.4 Å². The van der Waals surface area contributed by atoms with Crippen molar-refractivity contribution in [2.24, 2.45) is 0 Å². The first-order valence-corrected chi connectivity index (χ1v) is 13.0. The molecule has 0 bridgehead atoms. The fourth-order valence-electron chi connectivity index (χ4n) is 5.88. The Labute approximate surface area is 221 Å². The number of nitrogens with zero attached hydrogens (tertiary/aromatic N) is 1.